The second-order valence-electron chi connectivity index (χ2n) is 6.56. The molecule has 0 aliphatic carbocycles. The van der Waals surface area contributed by atoms with E-state index in [1.807, 2.05) is 69.3 Å². The average molecular weight is 397 g/mol. The van der Waals surface area contributed by atoms with Gasteiger partial charge in [0.15, 0.2) is 11.5 Å². The molecule has 0 spiro atoms. The van der Waals surface area contributed by atoms with Gasteiger partial charge in [-0.1, -0.05) is 36.4 Å². The molecule has 1 saturated heterocycles. The molecule has 2 amide bonds. The maximum absolute atomic E-state index is 12.5. The van der Waals surface area contributed by atoms with E-state index in [0.717, 1.165) is 22.9 Å². The largest absolute Gasteiger partial charge is 0.490 e. The number of ether oxygens (including phenoxy) is 2. The molecule has 28 heavy (non-hydrogen) atoms. The highest BCUT2D eigenvalue weighted by atomic mass is 32.2. The smallest absolute Gasteiger partial charge is 0.293 e. The molecule has 0 aromatic heterocycles. The molecule has 1 fully saturated rings. The Bertz CT molecular complexity index is 893. The van der Waals surface area contributed by atoms with Gasteiger partial charge in [0.25, 0.3) is 11.1 Å². The van der Waals surface area contributed by atoms with E-state index < -0.39 is 0 Å². The third-order valence-electron chi connectivity index (χ3n) is 4.14. The molecule has 6 heteroatoms. The van der Waals surface area contributed by atoms with Crippen LogP contribution in [0.4, 0.5) is 4.79 Å². The molecule has 1 aliphatic heterocycles. The molecule has 0 bridgehead atoms. The summed E-state index contributed by atoms with van der Waals surface area (Å²) < 4.78 is 11.6. The summed E-state index contributed by atoms with van der Waals surface area (Å²) >= 11 is 0.962. The normalized spacial score (nSPS) is 15.6. The van der Waals surface area contributed by atoms with Gasteiger partial charge in [-0.05, 0) is 61.9 Å². The van der Waals surface area contributed by atoms with E-state index in [0.29, 0.717) is 29.6 Å². The summed E-state index contributed by atoms with van der Waals surface area (Å²) in [6, 6.07) is 15.2. The van der Waals surface area contributed by atoms with Crippen molar-refractivity contribution in [2.24, 2.45) is 0 Å². The average Bonchev–Trinajstić information content (AvgIpc) is 2.95. The third-order valence-corrected chi connectivity index (χ3v) is 5.03. The van der Waals surface area contributed by atoms with Crippen LogP contribution in [0.15, 0.2) is 53.4 Å². The third kappa shape index (κ3) is 4.57. The molecule has 5 nitrogen and oxygen atoms in total. The molecule has 1 heterocycles. The minimum Gasteiger partial charge on any atom is -0.490 e. The summed E-state index contributed by atoms with van der Waals surface area (Å²) in [5.41, 5.74) is 1.85. The van der Waals surface area contributed by atoms with E-state index in [4.69, 9.17) is 9.47 Å². The number of hydrogen-bond acceptors (Lipinski definition) is 5. The van der Waals surface area contributed by atoms with Crippen molar-refractivity contribution < 1.29 is 19.1 Å². The Morgan fingerprint density at radius 3 is 2.43 bits per heavy atom. The minimum atomic E-state index is -0.257. The van der Waals surface area contributed by atoms with Gasteiger partial charge in [0, 0.05) is 6.04 Å². The predicted molar refractivity (Wildman–Crippen MR) is 111 cm³/mol. The summed E-state index contributed by atoms with van der Waals surface area (Å²) in [4.78, 5) is 26.2. The number of hydrogen-bond donors (Lipinski definition) is 0. The molecular formula is C22H23NO4S. The number of carbonyl (C=O) groups excluding carboxylic acids is 2. The number of thioether (sulfide) groups is 1. The van der Waals surface area contributed by atoms with Gasteiger partial charge in [0.1, 0.15) is 6.61 Å². The highest BCUT2D eigenvalue weighted by Crippen LogP contribution is 2.35. The molecule has 0 saturated carbocycles. The SMILES string of the molecule is CCOc1cc(/C=C2/SC(=O)N(C(C)C)C2=O)ccc1OCc1ccccc1. The molecule has 1 aliphatic rings. The summed E-state index contributed by atoms with van der Waals surface area (Å²) in [5, 5.41) is -0.237. The highest BCUT2D eigenvalue weighted by molar-refractivity contribution is 8.18. The van der Waals surface area contributed by atoms with E-state index in [9.17, 15) is 9.59 Å². The first-order chi connectivity index (χ1) is 13.5. The Balaban J connectivity index is 1.80. The summed E-state index contributed by atoms with van der Waals surface area (Å²) in [6.07, 6.45) is 1.72. The zero-order chi connectivity index (χ0) is 20.1. The molecule has 0 unspecified atom stereocenters. The van der Waals surface area contributed by atoms with Gasteiger partial charge in [0.2, 0.25) is 0 Å². The van der Waals surface area contributed by atoms with Crippen LogP contribution in [0.25, 0.3) is 6.08 Å². The predicted octanol–water partition coefficient (Wildman–Crippen LogP) is 5.11. The quantitative estimate of drug-likeness (QED) is 0.608. The summed E-state index contributed by atoms with van der Waals surface area (Å²) in [5.74, 6) is 0.987. The Morgan fingerprint density at radius 1 is 1.04 bits per heavy atom. The first-order valence-corrected chi connectivity index (χ1v) is 10.0. The number of amides is 2. The molecule has 0 N–H and O–H groups in total. The number of imide groups is 1. The van der Waals surface area contributed by atoms with Gasteiger partial charge >= 0.3 is 0 Å². The Labute approximate surface area is 169 Å². The second kappa shape index (κ2) is 8.97. The van der Waals surface area contributed by atoms with Gasteiger partial charge in [-0.25, -0.2) is 0 Å². The van der Waals surface area contributed by atoms with E-state index in [2.05, 4.69) is 0 Å². The zero-order valence-corrected chi connectivity index (χ0v) is 17.0. The van der Waals surface area contributed by atoms with Crippen LogP contribution in [0.1, 0.15) is 31.9 Å². The van der Waals surface area contributed by atoms with E-state index >= 15 is 0 Å². The van der Waals surface area contributed by atoms with Crippen LogP contribution in [0, 0.1) is 0 Å². The van der Waals surface area contributed by atoms with Crippen molar-refractivity contribution in [2.45, 2.75) is 33.4 Å². The van der Waals surface area contributed by atoms with Crippen LogP contribution in [-0.4, -0.2) is 28.7 Å². The van der Waals surface area contributed by atoms with Crippen molar-refractivity contribution in [1.82, 2.24) is 4.90 Å². The fourth-order valence-corrected chi connectivity index (χ4v) is 3.77. The molecular weight excluding hydrogens is 374 g/mol. The van der Waals surface area contributed by atoms with Gasteiger partial charge in [0.05, 0.1) is 11.5 Å². The maximum Gasteiger partial charge on any atom is 0.293 e. The number of nitrogens with zero attached hydrogens (tertiary/aromatic N) is 1. The van der Waals surface area contributed by atoms with Crippen molar-refractivity contribution in [1.29, 1.82) is 0 Å². The minimum absolute atomic E-state index is 0.161. The van der Waals surface area contributed by atoms with Gasteiger partial charge < -0.3 is 9.47 Å². The topological polar surface area (TPSA) is 55.8 Å². The zero-order valence-electron chi connectivity index (χ0n) is 16.2. The van der Waals surface area contributed by atoms with Crippen LogP contribution in [-0.2, 0) is 11.4 Å². The lowest BCUT2D eigenvalue weighted by molar-refractivity contribution is -0.123. The van der Waals surface area contributed by atoms with E-state index in [-0.39, 0.29) is 17.2 Å². The lowest BCUT2D eigenvalue weighted by Crippen LogP contribution is -2.34. The van der Waals surface area contributed by atoms with Gasteiger partial charge in [-0.3, -0.25) is 14.5 Å². The van der Waals surface area contributed by atoms with Crippen molar-refractivity contribution in [2.75, 3.05) is 6.61 Å². The molecule has 2 aromatic rings. The van der Waals surface area contributed by atoms with Crippen LogP contribution < -0.4 is 9.47 Å². The Kier molecular flexibility index (Phi) is 6.41. The first-order valence-electron chi connectivity index (χ1n) is 9.20. The van der Waals surface area contributed by atoms with Crippen LogP contribution in [0.2, 0.25) is 0 Å². The number of carbonyl (C=O) groups is 2. The van der Waals surface area contributed by atoms with Crippen LogP contribution >= 0.6 is 11.8 Å². The van der Waals surface area contributed by atoms with Crippen LogP contribution in [0.5, 0.6) is 11.5 Å². The Morgan fingerprint density at radius 2 is 1.79 bits per heavy atom. The van der Waals surface area contributed by atoms with Crippen molar-refractivity contribution >= 4 is 29.0 Å². The van der Waals surface area contributed by atoms with Crippen molar-refractivity contribution in [3.05, 3.63) is 64.6 Å². The second-order valence-corrected chi connectivity index (χ2v) is 7.55. The monoisotopic (exact) mass is 397 g/mol. The molecule has 2 aromatic carbocycles. The van der Waals surface area contributed by atoms with Gasteiger partial charge in [-0.15, -0.1) is 0 Å². The highest BCUT2D eigenvalue weighted by Gasteiger charge is 2.36. The number of benzene rings is 2. The van der Waals surface area contributed by atoms with Crippen molar-refractivity contribution in [3.63, 3.8) is 0 Å². The number of rotatable bonds is 7. The first kappa shape index (κ1) is 20.0. The lowest BCUT2D eigenvalue weighted by atomic mass is 10.1. The summed E-state index contributed by atoms with van der Waals surface area (Å²) in [6.45, 7) is 6.49. The van der Waals surface area contributed by atoms with Crippen molar-refractivity contribution in [3.8, 4) is 11.5 Å². The fourth-order valence-electron chi connectivity index (χ4n) is 2.81. The maximum atomic E-state index is 12.5. The molecule has 0 radical (unpaired) electrons. The molecule has 3 rings (SSSR count). The van der Waals surface area contributed by atoms with E-state index in [1.165, 1.54) is 4.90 Å². The fraction of sp³-hybridized carbons (Fsp3) is 0.273. The molecule has 0 atom stereocenters. The standard InChI is InChI=1S/C22H23NO4S/c1-4-26-19-12-17(13-20-21(24)23(15(2)3)22(25)28-20)10-11-18(19)27-14-16-8-6-5-7-9-16/h5-13,15H,4,14H2,1-3H3/b20-13+. The molecule has 146 valence electrons. The lowest BCUT2D eigenvalue weighted by Gasteiger charge is -2.16. The van der Waals surface area contributed by atoms with Crippen LogP contribution in [0.3, 0.4) is 0 Å². The van der Waals surface area contributed by atoms with Gasteiger partial charge in [-0.2, -0.15) is 0 Å². The van der Waals surface area contributed by atoms with E-state index in [1.54, 1.807) is 6.08 Å². The Hall–Kier alpha value is -2.73. The summed E-state index contributed by atoms with van der Waals surface area (Å²) in [7, 11) is 0.